The number of hydrogen-bond donors (Lipinski definition) is 0. The SMILES string of the molecule is CC1(C)c2cc3ccccc3cc2-c2c(-c3cccc(-c4c5ccccc5c(-c5ccccc5)c5ccccc45)c3)cccc21. The minimum absolute atomic E-state index is 0.0675. The lowest BCUT2D eigenvalue weighted by atomic mass is 9.81. The first-order valence-corrected chi connectivity index (χ1v) is 15.9. The minimum atomic E-state index is -0.0675. The van der Waals surface area contributed by atoms with Crippen LogP contribution in [0.2, 0.25) is 0 Å². The van der Waals surface area contributed by atoms with Crippen molar-refractivity contribution in [2.45, 2.75) is 19.3 Å². The summed E-state index contributed by atoms with van der Waals surface area (Å²) >= 11 is 0. The Balaban J connectivity index is 1.30. The Hall–Kier alpha value is -5.46. The molecule has 8 aromatic rings. The summed E-state index contributed by atoms with van der Waals surface area (Å²) in [7, 11) is 0. The zero-order valence-corrected chi connectivity index (χ0v) is 25.5. The number of benzene rings is 8. The lowest BCUT2D eigenvalue weighted by Crippen LogP contribution is -2.14. The van der Waals surface area contributed by atoms with Gasteiger partial charge in [-0.2, -0.15) is 0 Å². The Morgan fingerprint density at radius 3 is 1.51 bits per heavy atom. The summed E-state index contributed by atoms with van der Waals surface area (Å²) in [6, 6.07) is 58.3. The van der Waals surface area contributed by atoms with Crippen LogP contribution < -0.4 is 0 Å². The van der Waals surface area contributed by atoms with E-state index in [-0.39, 0.29) is 5.41 Å². The summed E-state index contributed by atoms with van der Waals surface area (Å²) in [6.45, 7) is 4.75. The second-order valence-electron chi connectivity index (χ2n) is 12.9. The average molecular weight is 573 g/mol. The molecule has 0 saturated carbocycles. The standard InChI is InChI=1S/C45H32/c1-45(2)40-25-13-24-34(44(40)39-27-30-16-6-7-17-31(30)28-41(39)45)32-18-12-19-33(26-32)43-37-22-10-8-20-35(37)42(29-14-4-3-5-15-29)36-21-9-11-23-38(36)43/h3-28H,1-2H3. The fraction of sp³-hybridized carbons (Fsp3) is 0.0667. The van der Waals surface area contributed by atoms with Gasteiger partial charge in [0.2, 0.25) is 0 Å². The Morgan fingerprint density at radius 1 is 0.333 bits per heavy atom. The molecule has 45 heavy (non-hydrogen) atoms. The molecule has 0 saturated heterocycles. The molecule has 0 N–H and O–H groups in total. The second kappa shape index (κ2) is 9.78. The molecule has 212 valence electrons. The first-order valence-electron chi connectivity index (χ1n) is 15.9. The highest BCUT2D eigenvalue weighted by Crippen LogP contribution is 2.53. The van der Waals surface area contributed by atoms with Crippen LogP contribution in [0.3, 0.4) is 0 Å². The van der Waals surface area contributed by atoms with E-state index in [0.29, 0.717) is 0 Å². The van der Waals surface area contributed by atoms with Gasteiger partial charge in [-0.25, -0.2) is 0 Å². The lowest BCUT2D eigenvalue weighted by molar-refractivity contribution is 0.661. The van der Waals surface area contributed by atoms with Crippen LogP contribution in [0.5, 0.6) is 0 Å². The monoisotopic (exact) mass is 572 g/mol. The summed E-state index contributed by atoms with van der Waals surface area (Å²) in [5.41, 5.74) is 13.1. The second-order valence-corrected chi connectivity index (χ2v) is 12.9. The molecule has 0 unspecified atom stereocenters. The summed E-state index contributed by atoms with van der Waals surface area (Å²) in [5, 5.41) is 7.72. The van der Waals surface area contributed by atoms with Gasteiger partial charge in [-0.1, -0.05) is 153 Å². The fourth-order valence-corrected chi connectivity index (χ4v) is 7.91. The molecule has 0 radical (unpaired) electrons. The molecule has 0 fully saturated rings. The van der Waals surface area contributed by atoms with Gasteiger partial charge in [0.25, 0.3) is 0 Å². The largest absolute Gasteiger partial charge is 0.0622 e. The van der Waals surface area contributed by atoms with E-state index < -0.39 is 0 Å². The molecule has 9 rings (SSSR count). The van der Waals surface area contributed by atoms with Crippen LogP contribution in [0.1, 0.15) is 25.0 Å². The Bertz CT molecular complexity index is 2390. The van der Waals surface area contributed by atoms with E-state index in [9.17, 15) is 0 Å². The molecular weight excluding hydrogens is 540 g/mol. The van der Waals surface area contributed by atoms with E-state index in [0.717, 1.165) is 0 Å². The van der Waals surface area contributed by atoms with Gasteiger partial charge in [-0.15, -0.1) is 0 Å². The molecule has 1 aliphatic rings. The van der Waals surface area contributed by atoms with Crippen LogP contribution in [0.15, 0.2) is 158 Å². The zero-order valence-electron chi connectivity index (χ0n) is 25.5. The van der Waals surface area contributed by atoms with Gasteiger partial charge in [-0.3, -0.25) is 0 Å². The third kappa shape index (κ3) is 3.85. The van der Waals surface area contributed by atoms with Gasteiger partial charge < -0.3 is 0 Å². The normalized spacial score (nSPS) is 13.3. The smallest absolute Gasteiger partial charge is 0.0159 e. The highest BCUT2D eigenvalue weighted by Gasteiger charge is 2.37. The number of hydrogen-bond acceptors (Lipinski definition) is 0. The summed E-state index contributed by atoms with van der Waals surface area (Å²) < 4.78 is 0. The predicted octanol–water partition coefficient (Wildman–Crippen LogP) is 12.5. The van der Waals surface area contributed by atoms with E-state index >= 15 is 0 Å². The van der Waals surface area contributed by atoms with Crippen LogP contribution >= 0.6 is 0 Å². The molecule has 0 bridgehead atoms. The first-order chi connectivity index (χ1) is 22.1. The Labute approximate surface area is 264 Å². The molecule has 0 atom stereocenters. The van der Waals surface area contributed by atoms with Crippen molar-refractivity contribution in [3.05, 3.63) is 169 Å². The highest BCUT2D eigenvalue weighted by atomic mass is 14.4. The van der Waals surface area contributed by atoms with Gasteiger partial charge in [0.05, 0.1) is 0 Å². The quantitative estimate of drug-likeness (QED) is 0.185. The molecule has 8 aromatic carbocycles. The van der Waals surface area contributed by atoms with Crippen LogP contribution in [-0.4, -0.2) is 0 Å². The van der Waals surface area contributed by atoms with Crippen LogP contribution in [0.25, 0.3) is 76.8 Å². The van der Waals surface area contributed by atoms with Crippen molar-refractivity contribution in [2.24, 2.45) is 0 Å². The van der Waals surface area contributed by atoms with Gasteiger partial charge in [-0.05, 0) is 106 Å². The maximum atomic E-state index is 2.41. The highest BCUT2D eigenvalue weighted by molar-refractivity contribution is 6.21. The van der Waals surface area contributed by atoms with E-state index in [1.807, 2.05) is 0 Å². The number of fused-ring (bicyclic) bond motifs is 6. The molecule has 0 nitrogen and oxygen atoms in total. The van der Waals surface area contributed by atoms with E-state index in [1.165, 1.54) is 88.0 Å². The zero-order chi connectivity index (χ0) is 30.1. The summed E-state index contributed by atoms with van der Waals surface area (Å²) in [6.07, 6.45) is 0. The van der Waals surface area contributed by atoms with Crippen molar-refractivity contribution in [1.82, 2.24) is 0 Å². The maximum absolute atomic E-state index is 2.41. The molecule has 1 aliphatic carbocycles. The molecule has 0 heterocycles. The predicted molar refractivity (Wildman–Crippen MR) is 193 cm³/mol. The molecule has 0 heteroatoms. The van der Waals surface area contributed by atoms with Crippen LogP contribution in [-0.2, 0) is 5.41 Å². The summed E-state index contributed by atoms with van der Waals surface area (Å²) in [5.74, 6) is 0. The Morgan fingerprint density at radius 2 is 0.844 bits per heavy atom. The molecule has 0 amide bonds. The van der Waals surface area contributed by atoms with E-state index in [2.05, 4.69) is 172 Å². The van der Waals surface area contributed by atoms with Crippen LogP contribution in [0, 0.1) is 0 Å². The molecule has 0 aliphatic heterocycles. The molecular formula is C45H32. The van der Waals surface area contributed by atoms with Gasteiger partial charge in [0, 0.05) is 5.41 Å². The topological polar surface area (TPSA) is 0 Å². The third-order valence-corrected chi connectivity index (χ3v) is 10.0. The van der Waals surface area contributed by atoms with Crippen molar-refractivity contribution in [1.29, 1.82) is 0 Å². The van der Waals surface area contributed by atoms with Crippen molar-refractivity contribution in [3.8, 4) is 44.5 Å². The summed E-state index contributed by atoms with van der Waals surface area (Å²) in [4.78, 5) is 0. The van der Waals surface area contributed by atoms with Gasteiger partial charge >= 0.3 is 0 Å². The van der Waals surface area contributed by atoms with Gasteiger partial charge in [0.15, 0.2) is 0 Å². The van der Waals surface area contributed by atoms with Gasteiger partial charge in [0.1, 0.15) is 0 Å². The van der Waals surface area contributed by atoms with Crippen LogP contribution in [0.4, 0.5) is 0 Å². The fourth-order valence-electron chi connectivity index (χ4n) is 7.91. The van der Waals surface area contributed by atoms with Crippen molar-refractivity contribution in [3.63, 3.8) is 0 Å². The minimum Gasteiger partial charge on any atom is -0.0622 e. The average Bonchev–Trinajstić information content (AvgIpc) is 3.32. The van der Waals surface area contributed by atoms with E-state index in [4.69, 9.17) is 0 Å². The van der Waals surface area contributed by atoms with Crippen molar-refractivity contribution in [2.75, 3.05) is 0 Å². The van der Waals surface area contributed by atoms with Crippen molar-refractivity contribution < 1.29 is 0 Å². The molecule has 0 spiro atoms. The third-order valence-electron chi connectivity index (χ3n) is 10.0. The first kappa shape index (κ1) is 26.0. The Kier molecular flexibility index (Phi) is 5.64. The van der Waals surface area contributed by atoms with E-state index in [1.54, 1.807) is 0 Å². The van der Waals surface area contributed by atoms with Crippen molar-refractivity contribution >= 4 is 32.3 Å². The maximum Gasteiger partial charge on any atom is 0.0159 e. The molecule has 0 aromatic heterocycles. The lowest BCUT2D eigenvalue weighted by Gasteiger charge is -2.22. The number of rotatable bonds is 3.